The topological polar surface area (TPSA) is 89.3 Å². The monoisotopic (exact) mass is 635 g/mol. The molecule has 42 heavy (non-hydrogen) atoms. The first kappa shape index (κ1) is 29.7. The number of thioether (sulfide) groups is 1. The van der Waals surface area contributed by atoms with Crippen molar-refractivity contribution in [2.24, 2.45) is 0 Å². The number of nitrogens with one attached hydrogen (secondary N) is 1. The fraction of sp³-hybridized carbons (Fsp3) is 0.214. The molecule has 2 amide bonds. The molecule has 0 spiro atoms. The molecule has 1 aliphatic heterocycles. The molecule has 0 saturated heterocycles. The smallest absolute Gasteiger partial charge is 0.416 e. The first-order chi connectivity index (χ1) is 20.1. The summed E-state index contributed by atoms with van der Waals surface area (Å²) in [6.45, 7) is -0.0140. The second kappa shape index (κ2) is 12.6. The lowest BCUT2D eigenvalue weighted by Crippen LogP contribution is -2.30. The minimum atomic E-state index is -4.58. The normalized spacial score (nSPS) is 12.7. The van der Waals surface area contributed by atoms with Gasteiger partial charge in [-0.2, -0.15) is 13.2 Å². The Morgan fingerprint density at radius 2 is 1.83 bits per heavy atom. The first-order valence-electron chi connectivity index (χ1n) is 12.6. The summed E-state index contributed by atoms with van der Waals surface area (Å²) in [6.07, 6.45) is -3.84. The highest BCUT2D eigenvalue weighted by molar-refractivity contribution is 7.99. The van der Waals surface area contributed by atoms with E-state index in [0.29, 0.717) is 11.6 Å². The molecule has 0 fully saturated rings. The Bertz CT molecular complexity index is 1630. The number of carbonyl (C=O) groups excluding carboxylic acids is 2. The molecule has 0 bridgehead atoms. The molecule has 4 aromatic rings. The van der Waals surface area contributed by atoms with E-state index in [1.807, 2.05) is 24.3 Å². The average Bonchev–Trinajstić information content (AvgIpc) is 3.58. The molecule has 14 heteroatoms. The second-order valence-corrected chi connectivity index (χ2v) is 10.9. The highest BCUT2D eigenvalue weighted by Crippen LogP contribution is 2.33. The Hall–Kier alpha value is -3.74. The summed E-state index contributed by atoms with van der Waals surface area (Å²) in [5.41, 5.74) is 1.18. The summed E-state index contributed by atoms with van der Waals surface area (Å²) >= 11 is 13.0. The summed E-state index contributed by atoms with van der Waals surface area (Å²) in [6, 6.07) is 16.8. The molecule has 2 heterocycles. The van der Waals surface area contributed by atoms with Gasteiger partial charge in [0.1, 0.15) is 5.75 Å². The number of amides is 2. The van der Waals surface area contributed by atoms with E-state index in [2.05, 4.69) is 15.5 Å². The summed E-state index contributed by atoms with van der Waals surface area (Å²) in [5.74, 6) is -0.304. The van der Waals surface area contributed by atoms with Crippen molar-refractivity contribution in [2.45, 2.75) is 24.3 Å². The molecule has 3 aromatic carbocycles. The van der Waals surface area contributed by atoms with Gasteiger partial charge in [0, 0.05) is 17.3 Å². The van der Waals surface area contributed by atoms with Gasteiger partial charge in [0.15, 0.2) is 17.6 Å². The molecular formula is C28H22Cl2F3N5O3S. The molecule has 1 aromatic heterocycles. The van der Waals surface area contributed by atoms with Crippen molar-refractivity contribution in [3.05, 3.63) is 93.7 Å². The molecule has 1 aliphatic rings. The maximum atomic E-state index is 13.5. The van der Waals surface area contributed by atoms with Gasteiger partial charge in [-0.1, -0.05) is 59.2 Å². The van der Waals surface area contributed by atoms with Crippen LogP contribution in [0.1, 0.15) is 17.0 Å². The van der Waals surface area contributed by atoms with Gasteiger partial charge in [-0.05, 0) is 54.4 Å². The van der Waals surface area contributed by atoms with Crippen LogP contribution in [0.4, 0.5) is 18.9 Å². The van der Waals surface area contributed by atoms with Gasteiger partial charge >= 0.3 is 6.18 Å². The largest absolute Gasteiger partial charge is 0.482 e. The van der Waals surface area contributed by atoms with Gasteiger partial charge in [-0.3, -0.25) is 14.2 Å². The van der Waals surface area contributed by atoms with Crippen molar-refractivity contribution >= 4 is 52.5 Å². The SMILES string of the molecule is O=C(COc1ccc(Cl)cc1Cl)NCc1nnc(SCC(=O)N2CCc3ccccc32)n1-c1cccc(C(F)(F)F)c1. The Kier molecular flexibility index (Phi) is 8.95. The van der Waals surface area contributed by atoms with Gasteiger partial charge in [-0.25, -0.2) is 0 Å². The van der Waals surface area contributed by atoms with Gasteiger partial charge in [0.25, 0.3) is 5.91 Å². The molecule has 0 atom stereocenters. The Morgan fingerprint density at radius 3 is 2.62 bits per heavy atom. The number of aromatic nitrogens is 3. The molecule has 218 valence electrons. The van der Waals surface area contributed by atoms with Crippen molar-refractivity contribution in [2.75, 3.05) is 23.8 Å². The zero-order valence-electron chi connectivity index (χ0n) is 21.7. The van der Waals surface area contributed by atoms with E-state index in [0.717, 1.165) is 41.6 Å². The molecule has 1 N–H and O–H groups in total. The lowest BCUT2D eigenvalue weighted by molar-refractivity contribution is -0.137. The van der Waals surface area contributed by atoms with E-state index in [-0.39, 0.29) is 52.3 Å². The van der Waals surface area contributed by atoms with Crippen LogP contribution in [0.25, 0.3) is 5.69 Å². The molecule has 0 unspecified atom stereocenters. The van der Waals surface area contributed by atoms with Crippen LogP contribution in [0.3, 0.4) is 0 Å². The maximum Gasteiger partial charge on any atom is 0.416 e. The van der Waals surface area contributed by atoms with Crippen molar-refractivity contribution in [3.63, 3.8) is 0 Å². The van der Waals surface area contributed by atoms with Crippen LogP contribution < -0.4 is 15.0 Å². The zero-order chi connectivity index (χ0) is 29.9. The van der Waals surface area contributed by atoms with Crippen molar-refractivity contribution in [1.82, 2.24) is 20.1 Å². The number of carbonyl (C=O) groups is 2. The molecule has 0 aliphatic carbocycles. The van der Waals surface area contributed by atoms with E-state index in [4.69, 9.17) is 27.9 Å². The summed E-state index contributed by atoms with van der Waals surface area (Å²) in [4.78, 5) is 27.3. The third-order valence-corrected chi connectivity index (χ3v) is 7.79. The number of hydrogen-bond donors (Lipinski definition) is 1. The fourth-order valence-electron chi connectivity index (χ4n) is 4.35. The summed E-state index contributed by atoms with van der Waals surface area (Å²) < 4.78 is 47.3. The number of anilines is 1. The molecule has 0 saturated carbocycles. The van der Waals surface area contributed by atoms with Crippen LogP contribution in [-0.2, 0) is 28.7 Å². The van der Waals surface area contributed by atoms with Gasteiger partial charge in [0.05, 0.1) is 28.6 Å². The van der Waals surface area contributed by atoms with Gasteiger partial charge < -0.3 is 15.0 Å². The van der Waals surface area contributed by atoms with Crippen LogP contribution in [-0.4, -0.2) is 45.5 Å². The number of para-hydroxylation sites is 1. The van der Waals surface area contributed by atoms with Crippen LogP contribution in [0, 0.1) is 0 Å². The second-order valence-electron chi connectivity index (χ2n) is 9.14. The lowest BCUT2D eigenvalue weighted by Gasteiger charge is -2.17. The molecule has 0 radical (unpaired) electrons. The molecule has 8 nitrogen and oxygen atoms in total. The highest BCUT2D eigenvalue weighted by atomic mass is 35.5. The number of alkyl halides is 3. The quantitative estimate of drug-likeness (QED) is 0.228. The van der Waals surface area contributed by atoms with Crippen LogP contribution in [0.15, 0.2) is 71.9 Å². The fourth-order valence-corrected chi connectivity index (χ4v) is 5.66. The first-order valence-corrected chi connectivity index (χ1v) is 14.3. The predicted octanol–water partition coefficient (Wildman–Crippen LogP) is 5.97. The number of hydrogen-bond acceptors (Lipinski definition) is 6. The molecular weight excluding hydrogens is 614 g/mol. The number of benzene rings is 3. The van der Waals surface area contributed by atoms with Gasteiger partial charge in [0.2, 0.25) is 5.91 Å². The molecule has 5 rings (SSSR count). The van der Waals surface area contributed by atoms with E-state index in [9.17, 15) is 22.8 Å². The van der Waals surface area contributed by atoms with Crippen LogP contribution >= 0.6 is 35.0 Å². The van der Waals surface area contributed by atoms with Crippen molar-refractivity contribution in [1.29, 1.82) is 0 Å². The number of nitrogens with zero attached hydrogens (tertiary/aromatic N) is 4. The lowest BCUT2D eigenvalue weighted by atomic mass is 10.2. The van der Waals surface area contributed by atoms with Crippen molar-refractivity contribution in [3.8, 4) is 11.4 Å². The number of halogens is 5. The Morgan fingerprint density at radius 1 is 1.02 bits per heavy atom. The Balaban J connectivity index is 1.32. The number of ether oxygens (including phenoxy) is 1. The van der Waals surface area contributed by atoms with E-state index >= 15 is 0 Å². The third-order valence-electron chi connectivity index (χ3n) is 6.34. The predicted molar refractivity (Wildman–Crippen MR) is 153 cm³/mol. The average molecular weight is 636 g/mol. The number of rotatable bonds is 9. The standard InChI is InChI=1S/C28H22Cl2F3N5O3S/c29-19-8-9-23(21(30)13-19)41-15-25(39)34-14-24-35-36-27(38(24)20-6-3-5-18(12-20)28(31,32)33)42-16-26(40)37-11-10-17-4-1-2-7-22(17)37/h1-9,12-13H,10-11,14-16H2,(H,34,39). The van der Waals surface area contributed by atoms with E-state index in [1.165, 1.54) is 28.8 Å². The third kappa shape index (κ3) is 6.83. The summed E-state index contributed by atoms with van der Waals surface area (Å²) in [7, 11) is 0. The van der Waals surface area contributed by atoms with E-state index in [1.54, 1.807) is 11.0 Å². The maximum absolute atomic E-state index is 13.5. The van der Waals surface area contributed by atoms with Crippen LogP contribution in [0.5, 0.6) is 5.75 Å². The highest BCUT2D eigenvalue weighted by Gasteiger charge is 2.31. The summed E-state index contributed by atoms with van der Waals surface area (Å²) in [5, 5.41) is 11.7. The minimum absolute atomic E-state index is 0.0204. The van der Waals surface area contributed by atoms with Crippen LogP contribution in [0.2, 0.25) is 10.0 Å². The zero-order valence-corrected chi connectivity index (χ0v) is 24.0. The van der Waals surface area contributed by atoms with E-state index < -0.39 is 17.6 Å². The van der Waals surface area contributed by atoms with Gasteiger partial charge in [-0.15, -0.1) is 10.2 Å². The Labute approximate surface area is 252 Å². The number of fused-ring (bicyclic) bond motifs is 1. The minimum Gasteiger partial charge on any atom is -0.482 e. The van der Waals surface area contributed by atoms with Crippen molar-refractivity contribution < 1.29 is 27.5 Å².